The topological polar surface area (TPSA) is 127 Å². The van der Waals surface area contributed by atoms with Crippen LogP contribution in [0.3, 0.4) is 0 Å². The summed E-state index contributed by atoms with van der Waals surface area (Å²) in [5.74, 6) is -0.0788. The number of fused-ring (bicyclic) bond motifs is 1. The minimum absolute atomic E-state index is 0.0958. The number of nitro groups is 1. The Balaban J connectivity index is 1.54. The summed E-state index contributed by atoms with van der Waals surface area (Å²) in [6.07, 6.45) is 0. The molecule has 2 saturated heterocycles. The van der Waals surface area contributed by atoms with Crippen LogP contribution in [-0.4, -0.2) is 76.8 Å². The molecule has 1 aromatic carbocycles. The fourth-order valence-corrected chi connectivity index (χ4v) is 3.58. The van der Waals surface area contributed by atoms with E-state index in [1.807, 2.05) is 28.8 Å². The van der Waals surface area contributed by atoms with E-state index < -0.39 is 22.9 Å². The van der Waals surface area contributed by atoms with E-state index in [1.54, 1.807) is 0 Å². The van der Waals surface area contributed by atoms with Gasteiger partial charge >= 0.3 is 0 Å². The molecule has 0 spiro atoms. The van der Waals surface area contributed by atoms with Crippen molar-refractivity contribution < 1.29 is 14.5 Å². The summed E-state index contributed by atoms with van der Waals surface area (Å²) >= 11 is 0. The number of nitrogens with zero attached hydrogens (tertiary/aromatic N) is 4. The first-order valence-electron chi connectivity index (χ1n) is 9.31. The van der Waals surface area contributed by atoms with Gasteiger partial charge in [0, 0.05) is 31.1 Å². The van der Waals surface area contributed by atoms with Crippen LogP contribution in [0.2, 0.25) is 0 Å². The first-order valence-corrected chi connectivity index (χ1v) is 9.31. The lowest BCUT2D eigenvalue weighted by Crippen LogP contribution is -2.47. The largest absolute Gasteiger partial charge is 0.379 e. The quantitative estimate of drug-likeness (QED) is 0.443. The van der Waals surface area contributed by atoms with Crippen molar-refractivity contribution in [1.29, 1.82) is 0 Å². The summed E-state index contributed by atoms with van der Waals surface area (Å²) in [4.78, 5) is 30.2. The zero-order chi connectivity index (χ0) is 19.5. The van der Waals surface area contributed by atoms with Crippen LogP contribution < -0.4 is 16.2 Å². The molecular weight excluding hydrogens is 366 g/mol. The summed E-state index contributed by atoms with van der Waals surface area (Å²) in [6, 6.07) is 5.66. The zero-order valence-electron chi connectivity index (χ0n) is 15.3. The SMILES string of the molecule is O=C(Nc1nc2ccccc2n1CCN1CCOCC1)C1NNCC1[N+](=O)[O-]. The molecule has 0 aliphatic carbocycles. The molecule has 0 radical (unpaired) electrons. The standard InChI is InChI=1S/C17H23N7O4/c25-16(15-14(24(26)27)11-18-21-15)20-17-19-12-3-1-2-4-13(12)23(17)6-5-22-7-9-28-10-8-22/h1-4,14-15,18,21H,5-11H2,(H,19,20,25). The third-order valence-electron chi connectivity index (χ3n) is 5.14. The predicted octanol–water partition coefficient (Wildman–Crippen LogP) is -0.571. The number of aromatic nitrogens is 2. The van der Waals surface area contributed by atoms with E-state index in [9.17, 15) is 14.9 Å². The van der Waals surface area contributed by atoms with Crippen LogP contribution in [0.15, 0.2) is 24.3 Å². The van der Waals surface area contributed by atoms with E-state index in [1.165, 1.54) is 0 Å². The number of imidazole rings is 1. The molecule has 150 valence electrons. The highest BCUT2D eigenvalue weighted by Gasteiger charge is 2.41. The average molecular weight is 389 g/mol. The second-order valence-corrected chi connectivity index (χ2v) is 6.87. The highest BCUT2D eigenvalue weighted by atomic mass is 16.6. The molecule has 2 aliphatic rings. The number of hydrogen-bond donors (Lipinski definition) is 3. The lowest BCUT2D eigenvalue weighted by molar-refractivity contribution is -0.517. The summed E-state index contributed by atoms with van der Waals surface area (Å²) in [5, 5.41) is 13.9. The van der Waals surface area contributed by atoms with Crippen LogP contribution in [0.1, 0.15) is 0 Å². The number of carbonyl (C=O) groups excluding carboxylic acids is 1. The normalized spacial score (nSPS) is 23.1. The van der Waals surface area contributed by atoms with Gasteiger partial charge in [-0.15, -0.1) is 0 Å². The molecule has 2 fully saturated rings. The second kappa shape index (κ2) is 8.19. The van der Waals surface area contributed by atoms with Gasteiger partial charge in [0.1, 0.15) is 0 Å². The molecule has 0 saturated carbocycles. The van der Waals surface area contributed by atoms with Gasteiger partial charge in [-0.3, -0.25) is 25.1 Å². The minimum Gasteiger partial charge on any atom is -0.379 e. The van der Waals surface area contributed by atoms with Crippen molar-refractivity contribution in [1.82, 2.24) is 25.3 Å². The van der Waals surface area contributed by atoms with Gasteiger partial charge in [-0.2, -0.15) is 0 Å². The first-order chi connectivity index (χ1) is 13.6. The third kappa shape index (κ3) is 3.83. The van der Waals surface area contributed by atoms with Crippen LogP contribution in [0.5, 0.6) is 0 Å². The van der Waals surface area contributed by atoms with E-state index in [2.05, 4.69) is 26.1 Å². The van der Waals surface area contributed by atoms with Crippen LogP contribution in [0.25, 0.3) is 11.0 Å². The third-order valence-corrected chi connectivity index (χ3v) is 5.14. The molecule has 2 atom stereocenters. The van der Waals surface area contributed by atoms with Crippen molar-refractivity contribution in [3.8, 4) is 0 Å². The van der Waals surface area contributed by atoms with Gasteiger partial charge < -0.3 is 9.30 Å². The Kier molecular flexibility index (Phi) is 5.48. The van der Waals surface area contributed by atoms with Crippen molar-refractivity contribution in [2.75, 3.05) is 44.7 Å². The number of rotatable bonds is 6. The number of carbonyl (C=O) groups is 1. The van der Waals surface area contributed by atoms with Gasteiger partial charge in [-0.1, -0.05) is 12.1 Å². The van der Waals surface area contributed by atoms with Gasteiger partial charge in [0.05, 0.1) is 30.8 Å². The molecule has 3 heterocycles. The number of morpholine rings is 1. The molecular formula is C17H23N7O4. The minimum atomic E-state index is -1.02. The highest BCUT2D eigenvalue weighted by Crippen LogP contribution is 2.20. The van der Waals surface area contributed by atoms with E-state index in [4.69, 9.17) is 4.74 Å². The summed E-state index contributed by atoms with van der Waals surface area (Å²) in [7, 11) is 0. The Morgan fingerprint density at radius 2 is 2.11 bits per heavy atom. The van der Waals surface area contributed by atoms with Crippen molar-refractivity contribution >= 4 is 22.9 Å². The second-order valence-electron chi connectivity index (χ2n) is 6.87. The predicted molar refractivity (Wildman–Crippen MR) is 101 cm³/mol. The summed E-state index contributed by atoms with van der Waals surface area (Å²) in [6.45, 7) is 4.72. The van der Waals surface area contributed by atoms with Gasteiger partial charge in [0.2, 0.25) is 5.95 Å². The van der Waals surface area contributed by atoms with E-state index in [-0.39, 0.29) is 6.54 Å². The maximum atomic E-state index is 12.7. The Labute approximate surface area is 161 Å². The smallest absolute Gasteiger partial charge is 0.252 e. The van der Waals surface area contributed by atoms with Crippen LogP contribution in [0, 0.1) is 10.1 Å². The number of anilines is 1. The zero-order valence-corrected chi connectivity index (χ0v) is 15.3. The van der Waals surface area contributed by atoms with Crippen molar-refractivity contribution in [3.05, 3.63) is 34.4 Å². The van der Waals surface area contributed by atoms with Crippen LogP contribution >= 0.6 is 0 Å². The molecule has 2 aromatic rings. The van der Waals surface area contributed by atoms with Gasteiger partial charge in [0.25, 0.3) is 11.9 Å². The number of amides is 1. The molecule has 1 amide bonds. The highest BCUT2D eigenvalue weighted by molar-refractivity contribution is 5.95. The Morgan fingerprint density at radius 3 is 2.89 bits per heavy atom. The van der Waals surface area contributed by atoms with Gasteiger partial charge in [-0.05, 0) is 12.1 Å². The van der Waals surface area contributed by atoms with E-state index in [0.29, 0.717) is 12.5 Å². The monoisotopic (exact) mass is 389 g/mol. The molecule has 11 nitrogen and oxygen atoms in total. The maximum absolute atomic E-state index is 12.7. The number of nitrogens with one attached hydrogen (secondary N) is 3. The van der Waals surface area contributed by atoms with Crippen LogP contribution in [-0.2, 0) is 16.1 Å². The number of ether oxygens (including phenoxy) is 1. The number of hydrogen-bond acceptors (Lipinski definition) is 8. The lowest BCUT2D eigenvalue weighted by Gasteiger charge is -2.27. The first kappa shape index (κ1) is 18.7. The molecule has 3 N–H and O–H groups in total. The van der Waals surface area contributed by atoms with Crippen molar-refractivity contribution in [2.45, 2.75) is 18.6 Å². The molecule has 4 rings (SSSR count). The van der Waals surface area contributed by atoms with Gasteiger partial charge in [-0.25, -0.2) is 15.8 Å². The fraction of sp³-hybridized carbons (Fsp3) is 0.529. The maximum Gasteiger partial charge on any atom is 0.252 e. The van der Waals surface area contributed by atoms with E-state index in [0.717, 1.165) is 43.9 Å². The Hall–Kier alpha value is -2.60. The molecule has 11 heteroatoms. The molecule has 0 bridgehead atoms. The Bertz CT molecular complexity index is 864. The molecule has 28 heavy (non-hydrogen) atoms. The average Bonchev–Trinajstić information content (AvgIpc) is 3.32. The van der Waals surface area contributed by atoms with Crippen LogP contribution in [0.4, 0.5) is 5.95 Å². The van der Waals surface area contributed by atoms with Crippen molar-refractivity contribution in [3.63, 3.8) is 0 Å². The van der Waals surface area contributed by atoms with Crippen molar-refractivity contribution in [2.24, 2.45) is 0 Å². The summed E-state index contributed by atoms with van der Waals surface area (Å²) in [5.41, 5.74) is 7.04. The van der Waals surface area contributed by atoms with E-state index >= 15 is 0 Å². The molecule has 2 unspecified atom stereocenters. The molecule has 2 aliphatic heterocycles. The fourth-order valence-electron chi connectivity index (χ4n) is 3.58. The summed E-state index contributed by atoms with van der Waals surface area (Å²) < 4.78 is 7.33. The Morgan fingerprint density at radius 1 is 1.32 bits per heavy atom. The lowest BCUT2D eigenvalue weighted by atomic mass is 10.1. The van der Waals surface area contributed by atoms with Gasteiger partial charge in [0.15, 0.2) is 6.04 Å². The number of para-hydroxylation sites is 2. The number of hydrazine groups is 1. The molecule has 1 aromatic heterocycles. The number of benzene rings is 1.